The van der Waals surface area contributed by atoms with Crippen molar-refractivity contribution in [2.75, 3.05) is 23.7 Å². The molecular formula is C34H32Cl4N8. The van der Waals surface area contributed by atoms with Crippen molar-refractivity contribution < 1.29 is 0 Å². The van der Waals surface area contributed by atoms with Crippen LogP contribution in [0.4, 0.5) is 17.1 Å². The number of likely N-dealkylation sites (tertiary alicyclic amines) is 1. The van der Waals surface area contributed by atoms with Gasteiger partial charge in [-0.2, -0.15) is 5.26 Å². The minimum Gasteiger partial charge on any atom is -0.371 e. The molecule has 1 aliphatic heterocycles. The average Bonchev–Trinajstić information content (AvgIpc) is 3.50. The Hall–Kier alpha value is -3.58. The molecule has 5 aromatic rings. The smallest absolute Gasteiger partial charge is 0.109 e. The number of nitriles is 1. The Labute approximate surface area is 288 Å². The van der Waals surface area contributed by atoms with Gasteiger partial charge in [-0.3, -0.25) is 9.88 Å². The van der Waals surface area contributed by atoms with Gasteiger partial charge in [0.05, 0.1) is 40.7 Å². The Bertz CT molecular complexity index is 1900. The SMILES string of the molecule is CC(C)(C)N1CCC(n2cc([C@@H](Nc3cc(Cl)cc4c(Nc5cc(Cl)cc(Cl)c5)c(C#N)cnc34)c3ccc(Cl)cc3)nn2)CC1. The minimum atomic E-state index is -0.400. The van der Waals surface area contributed by atoms with Gasteiger partial charge in [-0.15, -0.1) is 5.10 Å². The standard InChI is InChI=1S/C34H32Cl4N8/c1-34(2,3)45-10-8-27(9-11-45)46-19-30(43-44-46)32(20-4-6-22(35)7-5-20)42-29-16-25(38)15-28-31(21(17-39)18-40-33(28)29)41-26-13-23(36)12-24(37)14-26/h4-7,12-16,18-19,27,32,42H,8-11H2,1-3H3,(H,40,41)/t32-/m0/s1. The second-order valence-corrected chi connectivity index (χ2v) is 14.2. The second kappa shape index (κ2) is 13.3. The number of aromatic nitrogens is 4. The van der Waals surface area contributed by atoms with Gasteiger partial charge in [0.1, 0.15) is 11.8 Å². The zero-order valence-corrected chi connectivity index (χ0v) is 28.6. The maximum atomic E-state index is 9.97. The summed E-state index contributed by atoms with van der Waals surface area (Å²) in [5, 5.41) is 28.8. The number of fused-ring (bicyclic) bond motifs is 1. The van der Waals surface area contributed by atoms with Crippen LogP contribution in [0.1, 0.15) is 62.5 Å². The molecule has 6 rings (SSSR count). The molecule has 3 heterocycles. The number of pyridine rings is 1. The lowest BCUT2D eigenvalue weighted by Crippen LogP contribution is -2.46. The van der Waals surface area contributed by atoms with E-state index in [-0.39, 0.29) is 11.6 Å². The topological polar surface area (TPSA) is 94.7 Å². The lowest BCUT2D eigenvalue weighted by molar-refractivity contribution is 0.0866. The van der Waals surface area contributed by atoms with Gasteiger partial charge < -0.3 is 10.6 Å². The first-order chi connectivity index (χ1) is 22.0. The molecule has 12 heteroatoms. The molecule has 236 valence electrons. The third-order valence-electron chi connectivity index (χ3n) is 8.30. The van der Waals surface area contributed by atoms with Gasteiger partial charge in [-0.1, -0.05) is 63.7 Å². The molecule has 1 atom stereocenters. The molecular weight excluding hydrogens is 662 g/mol. The van der Waals surface area contributed by atoms with E-state index in [0.29, 0.717) is 53.6 Å². The number of nitrogens with one attached hydrogen (secondary N) is 2. The monoisotopic (exact) mass is 692 g/mol. The van der Waals surface area contributed by atoms with E-state index in [1.165, 1.54) is 6.20 Å². The van der Waals surface area contributed by atoms with Gasteiger partial charge in [-0.05, 0) is 81.6 Å². The second-order valence-electron chi connectivity index (χ2n) is 12.4. The lowest BCUT2D eigenvalue weighted by atomic mass is 9.98. The average molecular weight is 694 g/mol. The number of hydrogen-bond acceptors (Lipinski definition) is 7. The van der Waals surface area contributed by atoms with E-state index in [0.717, 1.165) is 37.2 Å². The highest BCUT2D eigenvalue weighted by molar-refractivity contribution is 6.35. The summed E-state index contributed by atoms with van der Waals surface area (Å²) in [5.41, 5.74) is 4.59. The molecule has 0 aliphatic carbocycles. The fourth-order valence-corrected chi connectivity index (χ4v) is 6.78. The van der Waals surface area contributed by atoms with Crippen LogP contribution in [0.3, 0.4) is 0 Å². The summed E-state index contributed by atoms with van der Waals surface area (Å²) in [6.45, 7) is 8.77. The van der Waals surface area contributed by atoms with Crippen LogP contribution < -0.4 is 10.6 Å². The molecule has 2 N–H and O–H groups in total. The molecule has 2 aromatic heterocycles. The predicted octanol–water partition coefficient (Wildman–Crippen LogP) is 9.69. The van der Waals surface area contributed by atoms with E-state index in [9.17, 15) is 5.26 Å². The summed E-state index contributed by atoms with van der Waals surface area (Å²) in [4.78, 5) is 7.20. The Morgan fingerprint density at radius 2 is 1.59 bits per heavy atom. The van der Waals surface area contributed by atoms with Crippen molar-refractivity contribution >= 4 is 74.4 Å². The van der Waals surface area contributed by atoms with Crippen LogP contribution in [-0.4, -0.2) is 43.5 Å². The normalized spacial score (nSPS) is 15.1. The highest BCUT2D eigenvalue weighted by Gasteiger charge is 2.29. The number of halogens is 4. The first-order valence-corrected chi connectivity index (χ1v) is 16.4. The first-order valence-electron chi connectivity index (χ1n) is 14.9. The molecule has 3 aromatic carbocycles. The Kier molecular flexibility index (Phi) is 9.33. The Balaban J connectivity index is 1.38. The Morgan fingerprint density at radius 1 is 0.913 bits per heavy atom. The minimum absolute atomic E-state index is 0.139. The third-order valence-corrected chi connectivity index (χ3v) is 9.21. The van der Waals surface area contributed by atoms with Crippen LogP contribution in [-0.2, 0) is 0 Å². The van der Waals surface area contributed by atoms with Crippen molar-refractivity contribution in [3.8, 4) is 6.07 Å². The fourth-order valence-electron chi connectivity index (χ4n) is 5.91. The number of hydrogen-bond donors (Lipinski definition) is 2. The van der Waals surface area contributed by atoms with Gasteiger partial charge in [0, 0.05) is 56.0 Å². The summed E-state index contributed by atoms with van der Waals surface area (Å²) >= 11 is 25.5. The maximum absolute atomic E-state index is 9.97. The summed E-state index contributed by atoms with van der Waals surface area (Å²) < 4.78 is 1.99. The van der Waals surface area contributed by atoms with Gasteiger partial charge in [0.25, 0.3) is 0 Å². The van der Waals surface area contributed by atoms with Crippen LogP contribution in [0.2, 0.25) is 20.1 Å². The van der Waals surface area contributed by atoms with E-state index in [2.05, 4.69) is 57.7 Å². The van der Waals surface area contributed by atoms with Gasteiger partial charge in [0.2, 0.25) is 0 Å². The van der Waals surface area contributed by atoms with Crippen molar-refractivity contribution in [2.45, 2.75) is 51.2 Å². The highest BCUT2D eigenvalue weighted by atomic mass is 35.5. The van der Waals surface area contributed by atoms with Crippen LogP contribution in [0.15, 0.2) is 67.0 Å². The quantitative estimate of drug-likeness (QED) is 0.175. The molecule has 1 aliphatic rings. The fraction of sp³-hybridized carbons (Fsp3) is 0.294. The summed E-state index contributed by atoms with van der Waals surface area (Å²) in [6, 6.07) is 18.4. The summed E-state index contributed by atoms with van der Waals surface area (Å²) in [6.07, 6.45) is 5.55. The zero-order valence-electron chi connectivity index (χ0n) is 25.5. The highest BCUT2D eigenvalue weighted by Crippen LogP contribution is 2.38. The maximum Gasteiger partial charge on any atom is 0.109 e. The summed E-state index contributed by atoms with van der Waals surface area (Å²) in [7, 11) is 0. The number of anilines is 3. The molecule has 0 bridgehead atoms. The molecule has 0 unspecified atom stereocenters. The molecule has 8 nitrogen and oxygen atoms in total. The van der Waals surface area contributed by atoms with Crippen LogP contribution in [0.25, 0.3) is 10.9 Å². The van der Waals surface area contributed by atoms with E-state index >= 15 is 0 Å². The van der Waals surface area contributed by atoms with Crippen LogP contribution >= 0.6 is 46.4 Å². The first kappa shape index (κ1) is 32.4. The van der Waals surface area contributed by atoms with Crippen molar-refractivity contribution in [1.29, 1.82) is 5.26 Å². The van der Waals surface area contributed by atoms with Gasteiger partial charge in [-0.25, -0.2) is 4.68 Å². The number of nitrogens with zero attached hydrogens (tertiary/aromatic N) is 6. The number of rotatable bonds is 7. The Morgan fingerprint density at radius 3 is 2.24 bits per heavy atom. The number of benzene rings is 3. The van der Waals surface area contributed by atoms with E-state index in [1.54, 1.807) is 24.3 Å². The molecule has 0 saturated carbocycles. The van der Waals surface area contributed by atoms with Crippen LogP contribution in [0.5, 0.6) is 0 Å². The zero-order chi connectivity index (χ0) is 32.6. The lowest BCUT2D eigenvalue weighted by Gasteiger charge is -2.40. The summed E-state index contributed by atoms with van der Waals surface area (Å²) in [5.74, 6) is 0. The van der Waals surface area contributed by atoms with Crippen molar-refractivity contribution in [1.82, 2.24) is 24.9 Å². The molecule has 1 saturated heterocycles. The van der Waals surface area contributed by atoms with Crippen molar-refractivity contribution in [3.05, 3.63) is 104 Å². The number of piperidine rings is 1. The molecule has 0 amide bonds. The van der Waals surface area contributed by atoms with Gasteiger partial charge in [0.15, 0.2) is 0 Å². The molecule has 0 radical (unpaired) electrons. The van der Waals surface area contributed by atoms with Crippen LogP contribution in [0, 0.1) is 11.3 Å². The van der Waals surface area contributed by atoms with E-state index < -0.39 is 6.04 Å². The van der Waals surface area contributed by atoms with E-state index in [1.807, 2.05) is 41.2 Å². The molecule has 46 heavy (non-hydrogen) atoms. The van der Waals surface area contributed by atoms with Crippen molar-refractivity contribution in [3.63, 3.8) is 0 Å². The third kappa shape index (κ3) is 7.05. The molecule has 0 spiro atoms. The van der Waals surface area contributed by atoms with Gasteiger partial charge >= 0.3 is 0 Å². The largest absolute Gasteiger partial charge is 0.371 e. The molecule has 1 fully saturated rings. The van der Waals surface area contributed by atoms with Crippen molar-refractivity contribution in [2.24, 2.45) is 0 Å². The van der Waals surface area contributed by atoms with E-state index in [4.69, 9.17) is 46.4 Å². The predicted molar refractivity (Wildman–Crippen MR) is 188 cm³/mol.